The Bertz CT molecular complexity index is 459. The van der Waals surface area contributed by atoms with E-state index in [-0.39, 0.29) is 11.6 Å². The van der Waals surface area contributed by atoms with E-state index in [9.17, 15) is 14.9 Å². The summed E-state index contributed by atoms with van der Waals surface area (Å²) in [6.07, 6.45) is 0.706. The Balaban J connectivity index is 2.60. The lowest BCUT2D eigenvalue weighted by atomic mass is 10.00. The first-order valence-corrected chi connectivity index (χ1v) is 5.14. The van der Waals surface area contributed by atoms with Gasteiger partial charge in [0, 0.05) is 18.2 Å². The highest BCUT2D eigenvalue weighted by atomic mass is 79.9. The molecule has 1 N–H and O–H groups in total. The van der Waals surface area contributed by atoms with Crippen LogP contribution in [0.5, 0.6) is 0 Å². The summed E-state index contributed by atoms with van der Waals surface area (Å²) in [6, 6.07) is 2.96. The highest BCUT2D eigenvalue weighted by molar-refractivity contribution is 9.10. The molecule has 0 radical (unpaired) electrons. The maximum absolute atomic E-state index is 11.4. The van der Waals surface area contributed by atoms with E-state index < -0.39 is 4.92 Å². The van der Waals surface area contributed by atoms with Crippen molar-refractivity contribution in [2.24, 2.45) is 0 Å². The van der Waals surface area contributed by atoms with Crippen molar-refractivity contribution in [1.82, 2.24) is 5.32 Å². The Morgan fingerprint density at radius 3 is 2.87 bits per heavy atom. The molecule has 15 heavy (non-hydrogen) atoms. The van der Waals surface area contributed by atoms with Crippen LogP contribution < -0.4 is 5.32 Å². The third kappa shape index (κ3) is 1.72. The number of hydrogen-bond acceptors (Lipinski definition) is 3. The number of carbonyl (C=O) groups excluding carboxylic acids is 1. The molecule has 1 heterocycles. The Labute approximate surface area is 93.8 Å². The maximum Gasteiger partial charge on any atom is 0.284 e. The Morgan fingerprint density at radius 2 is 2.20 bits per heavy atom. The van der Waals surface area contributed by atoms with Gasteiger partial charge in [0.2, 0.25) is 0 Å². The minimum atomic E-state index is -0.508. The van der Waals surface area contributed by atoms with Crippen LogP contribution in [0.1, 0.15) is 15.9 Å². The number of halogens is 1. The smallest absolute Gasteiger partial charge is 0.284 e. The van der Waals surface area contributed by atoms with Crippen molar-refractivity contribution in [3.8, 4) is 0 Å². The molecular formula is C9H7BrN2O3. The van der Waals surface area contributed by atoms with Crippen LogP contribution in [0.3, 0.4) is 0 Å². The van der Waals surface area contributed by atoms with E-state index >= 15 is 0 Å². The van der Waals surface area contributed by atoms with Crippen LogP contribution in [-0.2, 0) is 6.42 Å². The fourth-order valence-electron chi connectivity index (χ4n) is 1.57. The Morgan fingerprint density at radius 1 is 1.47 bits per heavy atom. The monoisotopic (exact) mass is 270 g/mol. The minimum Gasteiger partial charge on any atom is -0.352 e. The van der Waals surface area contributed by atoms with E-state index in [1.54, 1.807) is 6.07 Å². The molecule has 0 fully saturated rings. The van der Waals surface area contributed by atoms with Crippen LogP contribution in [0.4, 0.5) is 5.69 Å². The zero-order valence-corrected chi connectivity index (χ0v) is 9.20. The molecule has 0 saturated heterocycles. The third-order valence-electron chi connectivity index (χ3n) is 2.29. The summed E-state index contributed by atoms with van der Waals surface area (Å²) < 4.78 is 0.418. The van der Waals surface area contributed by atoms with Gasteiger partial charge in [0.15, 0.2) is 0 Å². The lowest BCUT2D eigenvalue weighted by Crippen LogP contribution is -2.31. The van der Waals surface area contributed by atoms with Gasteiger partial charge in [-0.3, -0.25) is 14.9 Å². The van der Waals surface area contributed by atoms with Crippen LogP contribution in [0.25, 0.3) is 0 Å². The first-order valence-electron chi connectivity index (χ1n) is 4.34. The maximum atomic E-state index is 11.4. The summed E-state index contributed by atoms with van der Waals surface area (Å²) in [7, 11) is 0. The molecule has 0 bridgehead atoms. The molecule has 0 spiro atoms. The average Bonchev–Trinajstić information content (AvgIpc) is 2.16. The average molecular weight is 271 g/mol. The van der Waals surface area contributed by atoms with Crippen LogP contribution in [0.15, 0.2) is 16.6 Å². The summed E-state index contributed by atoms with van der Waals surface area (Å²) in [5.74, 6) is -0.244. The normalized spacial score (nSPS) is 14.3. The zero-order chi connectivity index (χ0) is 11.0. The highest BCUT2D eigenvalue weighted by Gasteiger charge is 2.22. The van der Waals surface area contributed by atoms with Crippen LogP contribution in [0, 0.1) is 10.1 Å². The number of hydrogen-bond donors (Lipinski definition) is 1. The molecule has 1 aliphatic rings. The second-order valence-corrected chi connectivity index (χ2v) is 4.08. The molecule has 6 heteroatoms. The standard InChI is InChI=1S/C9H7BrN2O3/c10-7-3-5-1-2-11-9(13)6(5)4-8(7)12(14)15/h3-4H,1-2H2,(H,11,13). The molecule has 1 amide bonds. The van der Waals surface area contributed by atoms with Gasteiger partial charge in [-0.1, -0.05) is 0 Å². The zero-order valence-electron chi connectivity index (χ0n) is 7.62. The van der Waals surface area contributed by atoms with Crippen molar-refractivity contribution in [2.75, 3.05) is 6.54 Å². The number of nitrogens with one attached hydrogen (secondary N) is 1. The highest BCUT2D eigenvalue weighted by Crippen LogP contribution is 2.29. The molecule has 1 aromatic carbocycles. The molecule has 2 rings (SSSR count). The van der Waals surface area contributed by atoms with Crippen molar-refractivity contribution in [3.63, 3.8) is 0 Å². The van der Waals surface area contributed by atoms with Crippen LogP contribution in [0.2, 0.25) is 0 Å². The van der Waals surface area contributed by atoms with E-state index in [4.69, 9.17) is 0 Å². The minimum absolute atomic E-state index is 0.0780. The second-order valence-electron chi connectivity index (χ2n) is 3.22. The molecule has 78 valence electrons. The van der Waals surface area contributed by atoms with Gasteiger partial charge in [0.05, 0.1) is 9.40 Å². The molecule has 0 aliphatic carbocycles. The first-order chi connectivity index (χ1) is 7.09. The molecule has 0 unspecified atom stereocenters. The number of amides is 1. The summed E-state index contributed by atoms with van der Waals surface area (Å²) in [4.78, 5) is 21.6. The van der Waals surface area contributed by atoms with Gasteiger partial charge < -0.3 is 5.32 Å². The number of rotatable bonds is 1. The van der Waals surface area contributed by atoms with Crippen molar-refractivity contribution in [1.29, 1.82) is 0 Å². The van der Waals surface area contributed by atoms with Gasteiger partial charge in [-0.05, 0) is 34.0 Å². The molecular weight excluding hydrogens is 264 g/mol. The first kappa shape index (κ1) is 10.1. The van der Waals surface area contributed by atoms with E-state index in [0.717, 1.165) is 5.56 Å². The fourth-order valence-corrected chi connectivity index (χ4v) is 2.10. The molecule has 0 aromatic heterocycles. The summed E-state index contributed by atoms with van der Waals surface area (Å²) in [5, 5.41) is 13.3. The number of nitrogens with zero attached hydrogens (tertiary/aromatic N) is 1. The van der Waals surface area contributed by atoms with Gasteiger partial charge in [-0.15, -0.1) is 0 Å². The SMILES string of the molecule is O=C1NCCc2cc(Br)c([N+](=O)[O-])cc21. The van der Waals surface area contributed by atoms with Gasteiger partial charge >= 0.3 is 0 Å². The number of carbonyl (C=O) groups is 1. The van der Waals surface area contributed by atoms with Crippen molar-refractivity contribution in [2.45, 2.75) is 6.42 Å². The largest absolute Gasteiger partial charge is 0.352 e. The number of fused-ring (bicyclic) bond motifs is 1. The second kappa shape index (κ2) is 3.62. The molecule has 0 saturated carbocycles. The van der Waals surface area contributed by atoms with Crippen molar-refractivity contribution >= 4 is 27.5 Å². The summed E-state index contributed by atoms with van der Waals surface area (Å²) in [5.41, 5.74) is 1.16. The number of benzene rings is 1. The third-order valence-corrected chi connectivity index (χ3v) is 2.93. The topological polar surface area (TPSA) is 72.2 Å². The lowest BCUT2D eigenvalue weighted by Gasteiger charge is -2.16. The lowest BCUT2D eigenvalue weighted by molar-refractivity contribution is -0.385. The van der Waals surface area contributed by atoms with Gasteiger partial charge in [-0.25, -0.2) is 0 Å². The van der Waals surface area contributed by atoms with Gasteiger partial charge in [0.1, 0.15) is 0 Å². The Kier molecular flexibility index (Phi) is 2.44. The predicted molar refractivity (Wildman–Crippen MR) is 56.8 cm³/mol. The Hall–Kier alpha value is -1.43. The van der Waals surface area contributed by atoms with E-state index in [1.807, 2.05) is 0 Å². The molecule has 5 nitrogen and oxygen atoms in total. The predicted octanol–water partition coefficient (Wildman–Crippen LogP) is 1.64. The summed E-state index contributed by atoms with van der Waals surface area (Å²) in [6.45, 7) is 0.579. The quantitative estimate of drug-likeness (QED) is 0.623. The fraction of sp³-hybridized carbons (Fsp3) is 0.222. The summed E-state index contributed by atoms with van der Waals surface area (Å²) >= 11 is 3.12. The van der Waals surface area contributed by atoms with Crippen LogP contribution >= 0.6 is 15.9 Å². The van der Waals surface area contributed by atoms with Crippen molar-refractivity contribution in [3.05, 3.63) is 37.8 Å². The van der Waals surface area contributed by atoms with Crippen LogP contribution in [-0.4, -0.2) is 17.4 Å². The number of nitro benzene ring substituents is 1. The number of nitro groups is 1. The van der Waals surface area contributed by atoms with E-state index in [2.05, 4.69) is 21.2 Å². The van der Waals surface area contributed by atoms with Crippen molar-refractivity contribution < 1.29 is 9.72 Å². The molecule has 0 atom stereocenters. The van der Waals surface area contributed by atoms with E-state index in [1.165, 1.54) is 6.07 Å². The van der Waals surface area contributed by atoms with Gasteiger partial charge in [-0.2, -0.15) is 0 Å². The van der Waals surface area contributed by atoms with Gasteiger partial charge in [0.25, 0.3) is 11.6 Å². The molecule has 1 aromatic rings. The molecule has 1 aliphatic heterocycles. The van der Waals surface area contributed by atoms with E-state index in [0.29, 0.717) is 23.0 Å².